The number of thioether (sulfide) groups is 1. The van der Waals surface area contributed by atoms with E-state index in [-0.39, 0.29) is 22.8 Å². The average Bonchev–Trinajstić information content (AvgIpc) is 2.85. The maximum absolute atomic E-state index is 11.2. The normalized spacial score (nSPS) is 10.6. The van der Waals surface area contributed by atoms with Crippen LogP contribution >= 0.6 is 35.0 Å². The molecule has 0 atom stereocenters. The van der Waals surface area contributed by atoms with Crippen LogP contribution in [0.1, 0.15) is 6.92 Å². The van der Waals surface area contributed by atoms with Gasteiger partial charge < -0.3 is 9.15 Å². The fourth-order valence-corrected chi connectivity index (χ4v) is 2.41. The highest BCUT2D eigenvalue weighted by Crippen LogP contribution is 2.30. The molecular weight excluding hydrogens is 323 g/mol. The largest absolute Gasteiger partial charge is 0.465 e. The number of aromatic nitrogens is 2. The number of hydrogen-bond acceptors (Lipinski definition) is 6. The van der Waals surface area contributed by atoms with E-state index < -0.39 is 0 Å². The van der Waals surface area contributed by atoms with Crippen LogP contribution in [0.15, 0.2) is 27.8 Å². The molecule has 106 valence electrons. The Bertz CT molecular complexity index is 618. The minimum absolute atomic E-state index is 0.115. The number of hydrogen-bond donors (Lipinski definition) is 0. The van der Waals surface area contributed by atoms with Gasteiger partial charge in [0.15, 0.2) is 0 Å². The van der Waals surface area contributed by atoms with Crippen molar-refractivity contribution in [3.63, 3.8) is 0 Å². The van der Waals surface area contributed by atoms with E-state index in [4.69, 9.17) is 32.4 Å². The van der Waals surface area contributed by atoms with Crippen LogP contribution in [0.5, 0.6) is 0 Å². The summed E-state index contributed by atoms with van der Waals surface area (Å²) in [4.78, 5) is 11.2. The van der Waals surface area contributed by atoms with E-state index in [1.807, 2.05) is 0 Å². The third-order valence-electron chi connectivity index (χ3n) is 2.19. The molecule has 0 aliphatic heterocycles. The zero-order valence-electron chi connectivity index (χ0n) is 10.4. The first-order valence-electron chi connectivity index (χ1n) is 5.67. The van der Waals surface area contributed by atoms with Crippen molar-refractivity contribution in [2.45, 2.75) is 12.1 Å². The summed E-state index contributed by atoms with van der Waals surface area (Å²) in [6, 6.07) is 4.96. The third-order valence-corrected chi connectivity index (χ3v) is 3.53. The predicted octanol–water partition coefficient (Wildman–Crippen LogP) is 3.70. The van der Waals surface area contributed by atoms with Gasteiger partial charge >= 0.3 is 5.97 Å². The van der Waals surface area contributed by atoms with Crippen LogP contribution in [0.3, 0.4) is 0 Å². The van der Waals surface area contributed by atoms with Crippen molar-refractivity contribution >= 4 is 40.9 Å². The van der Waals surface area contributed by atoms with Gasteiger partial charge in [0, 0.05) is 5.02 Å². The highest BCUT2D eigenvalue weighted by atomic mass is 35.5. The molecule has 2 aromatic rings. The second kappa shape index (κ2) is 6.97. The molecule has 2 rings (SSSR count). The Hall–Kier alpha value is -1.24. The predicted molar refractivity (Wildman–Crippen MR) is 77.1 cm³/mol. The van der Waals surface area contributed by atoms with Crippen molar-refractivity contribution in [3.05, 3.63) is 28.2 Å². The van der Waals surface area contributed by atoms with Gasteiger partial charge in [0.25, 0.3) is 5.22 Å². The van der Waals surface area contributed by atoms with E-state index in [9.17, 15) is 4.79 Å². The van der Waals surface area contributed by atoms with E-state index in [2.05, 4.69) is 10.2 Å². The van der Waals surface area contributed by atoms with Crippen molar-refractivity contribution in [1.82, 2.24) is 10.2 Å². The zero-order chi connectivity index (χ0) is 14.5. The number of rotatable bonds is 5. The Kier molecular flexibility index (Phi) is 5.28. The lowest BCUT2D eigenvalue weighted by molar-refractivity contribution is -0.139. The molecule has 0 spiro atoms. The van der Waals surface area contributed by atoms with Crippen molar-refractivity contribution in [2.24, 2.45) is 0 Å². The van der Waals surface area contributed by atoms with Gasteiger partial charge in [-0.25, -0.2) is 0 Å². The van der Waals surface area contributed by atoms with E-state index in [1.54, 1.807) is 25.1 Å². The summed E-state index contributed by atoms with van der Waals surface area (Å²) in [6.07, 6.45) is 0. The van der Waals surface area contributed by atoms with Gasteiger partial charge in [-0.05, 0) is 25.1 Å². The molecule has 0 fully saturated rings. The van der Waals surface area contributed by atoms with Crippen LogP contribution in [-0.2, 0) is 9.53 Å². The van der Waals surface area contributed by atoms with Crippen molar-refractivity contribution < 1.29 is 13.9 Å². The van der Waals surface area contributed by atoms with Gasteiger partial charge in [-0.1, -0.05) is 35.0 Å². The van der Waals surface area contributed by atoms with Gasteiger partial charge in [0.05, 0.1) is 17.2 Å². The summed E-state index contributed by atoms with van der Waals surface area (Å²) < 4.78 is 10.2. The Morgan fingerprint density at radius 3 is 2.90 bits per heavy atom. The molecule has 0 unspecified atom stereocenters. The Morgan fingerprint density at radius 1 is 1.40 bits per heavy atom. The van der Waals surface area contributed by atoms with Crippen LogP contribution in [0, 0.1) is 0 Å². The number of esters is 1. The topological polar surface area (TPSA) is 65.2 Å². The molecule has 5 nitrogen and oxygen atoms in total. The maximum Gasteiger partial charge on any atom is 0.316 e. The lowest BCUT2D eigenvalue weighted by Crippen LogP contribution is -2.06. The average molecular weight is 333 g/mol. The highest BCUT2D eigenvalue weighted by molar-refractivity contribution is 7.99. The molecular formula is C12H10Cl2N2O3S. The SMILES string of the molecule is CCOC(=O)CSc1nnc(-c2ccc(Cl)cc2Cl)o1. The molecule has 1 aromatic heterocycles. The lowest BCUT2D eigenvalue weighted by atomic mass is 10.2. The molecule has 1 aromatic carbocycles. The lowest BCUT2D eigenvalue weighted by Gasteiger charge is -1.99. The standard InChI is InChI=1S/C12H10Cl2N2O3S/c1-2-18-10(17)6-20-12-16-15-11(19-12)8-4-3-7(13)5-9(8)14/h3-5H,2,6H2,1H3. The summed E-state index contributed by atoms with van der Waals surface area (Å²) in [5.74, 6) is 0.0592. The minimum Gasteiger partial charge on any atom is -0.465 e. The van der Waals surface area contributed by atoms with Crippen LogP contribution in [0.2, 0.25) is 10.0 Å². The molecule has 0 bridgehead atoms. The second-order valence-electron chi connectivity index (χ2n) is 3.59. The molecule has 1 heterocycles. The summed E-state index contributed by atoms with van der Waals surface area (Å²) in [6.45, 7) is 2.09. The van der Waals surface area contributed by atoms with E-state index in [0.29, 0.717) is 22.2 Å². The molecule has 0 saturated carbocycles. The molecule has 0 radical (unpaired) electrons. The second-order valence-corrected chi connectivity index (χ2v) is 5.36. The molecule has 0 aliphatic carbocycles. The number of carbonyl (C=O) groups is 1. The highest BCUT2D eigenvalue weighted by Gasteiger charge is 2.14. The summed E-state index contributed by atoms with van der Waals surface area (Å²) in [7, 11) is 0. The van der Waals surface area contributed by atoms with Gasteiger partial charge in [-0.15, -0.1) is 10.2 Å². The van der Waals surface area contributed by atoms with Crippen molar-refractivity contribution in [1.29, 1.82) is 0 Å². The summed E-state index contributed by atoms with van der Waals surface area (Å²) >= 11 is 13.0. The molecule has 0 saturated heterocycles. The van der Waals surface area contributed by atoms with Crippen LogP contribution in [0.4, 0.5) is 0 Å². The first kappa shape index (κ1) is 15.2. The smallest absolute Gasteiger partial charge is 0.316 e. The van der Waals surface area contributed by atoms with E-state index in [1.165, 1.54) is 0 Å². The molecule has 20 heavy (non-hydrogen) atoms. The number of nitrogens with zero attached hydrogens (tertiary/aromatic N) is 2. The fourth-order valence-electron chi connectivity index (χ4n) is 1.36. The van der Waals surface area contributed by atoms with Crippen LogP contribution in [0.25, 0.3) is 11.5 Å². The first-order valence-corrected chi connectivity index (χ1v) is 7.41. The number of benzene rings is 1. The third kappa shape index (κ3) is 3.88. The summed E-state index contributed by atoms with van der Waals surface area (Å²) in [5, 5.41) is 8.94. The summed E-state index contributed by atoms with van der Waals surface area (Å²) in [5.41, 5.74) is 0.589. The minimum atomic E-state index is -0.332. The van der Waals surface area contributed by atoms with Gasteiger partial charge in [-0.3, -0.25) is 4.79 Å². The fraction of sp³-hybridized carbons (Fsp3) is 0.250. The first-order chi connectivity index (χ1) is 9.60. The zero-order valence-corrected chi connectivity index (χ0v) is 12.8. The van der Waals surface area contributed by atoms with Crippen molar-refractivity contribution in [3.8, 4) is 11.5 Å². The number of halogens is 2. The Balaban J connectivity index is 2.07. The quantitative estimate of drug-likeness (QED) is 0.614. The van der Waals surface area contributed by atoms with Gasteiger partial charge in [-0.2, -0.15) is 0 Å². The Morgan fingerprint density at radius 2 is 2.20 bits per heavy atom. The van der Waals surface area contributed by atoms with E-state index >= 15 is 0 Å². The molecule has 0 aliphatic rings. The number of ether oxygens (including phenoxy) is 1. The van der Waals surface area contributed by atoms with Crippen LogP contribution in [-0.4, -0.2) is 28.5 Å². The Labute approximate surface area is 129 Å². The molecule has 8 heteroatoms. The van der Waals surface area contributed by atoms with Gasteiger partial charge in [0.1, 0.15) is 5.75 Å². The van der Waals surface area contributed by atoms with E-state index in [0.717, 1.165) is 11.8 Å². The maximum atomic E-state index is 11.2. The van der Waals surface area contributed by atoms with Gasteiger partial charge in [0.2, 0.25) is 5.89 Å². The molecule has 0 N–H and O–H groups in total. The van der Waals surface area contributed by atoms with Crippen molar-refractivity contribution in [2.75, 3.05) is 12.4 Å². The monoisotopic (exact) mass is 332 g/mol. The number of carbonyl (C=O) groups excluding carboxylic acids is 1. The van der Waals surface area contributed by atoms with Crippen LogP contribution < -0.4 is 0 Å². The molecule has 0 amide bonds.